The molecule has 7 nitrogen and oxygen atoms in total. The molecule has 2 aromatic carbocycles. The van der Waals surface area contributed by atoms with E-state index in [0.717, 1.165) is 24.6 Å². The fourth-order valence-corrected chi connectivity index (χ4v) is 3.47. The van der Waals surface area contributed by atoms with Gasteiger partial charge in [-0.1, -0.05) is 0 Å². The van der Waals surface area contributed by atoms with Crippen LogP contribution in [0.2, 0.25) is 0 Å². The minimum atomic E-state index is -0.684. The van der Waals surface area contributed by atoms with Crippen LogP contribution in [0.1, 0.15) is 33.5 Å². The van der Waals surface area contributed by atoms with Crippen molar-refractivity contribution in [3.8, 4) is 0 Å². The molecule has 28 heavy (non-hydrogen) atoms. The number of esters is 1. The lowest BCUT2D eigenvalue weighted by Gasteiger charge is -2.09. The number of aryl methyl sites for hydroxylation is 2. The molecule has 1 aliphatic rings. The van der Waals surface area contributed by atoms with Crippen LogP contribution in [0.3, 0.4) is 0 Å². The van der Waals surface area contributed by atoms with Crippen LogP contribution < -0.4 is 16.7 Å². The number of hydrogen-bond acceptors (Lipinski definition) is 5. The van der Waals surface area contributed by atoms with Crippen molar-refractivity contribution in [3.63, 3.8) is 0 Å². The lowest BCUT2D eigenvalue weighted by Crippen LogP contribution is -2.19. The number of ether oxygens (including phenoxy) is 1. The van der Waals surface area contributed by atoms with E-state index in [4.69, 9.17) is 14.9 Å². The number of nitrogens with one attached hydrogen (secondary N) is 1. The van der Waals surface area contributed by atoms with Crippen LogP contribution >= 0.6 is 0 Å². The summed E-state index contributed by atoms with van der Waals surface area (Å²) < 4.78 is 10.7. The SMILES string of the molecule is NC(=O)Nc1ccc(C(=O)OCc2cc(=O)oc3cc4c(cc23)CCC4)cc1. The maximum atomic E-state index is 12.3. The van der Waals surface area contributed by atoms with Crippen molar-refractivity contribution in [2.24, 2.45) is 5.73 Å². The molecular formula is C21H18N2O5. The summed E-state index contributed by atoms with van der Waals surface area (Å²) in [5.74, 6) is -0.534. The second-order valence-corrected chi connectivity index (χ2v) is 6.70. The molecule has 0 spiro atoms. The van der Waals surface area contributed by atoms with E-state index in [-0.39, 0.29) is 6.61 Å². The molecule has 7 heteroatoms. The molecule has 142 valence electrons. The molecule has 2 amide bonds. The van der Waals surface area contributed by atoms with Crippen molar-refractivity contribution in [1.29, 1.82) is 0 Å². The molecule has 0 unspecified atom stereocenters. The number of carbonyl (C=O) groups is 2. The second kappa shape index (κ2) is 7.19. The monoisotopic (exact) mass is 378 g/mol. The van der Waals surface area contributed by atoms with Crippen LogP contribution in [0, 0.1) is 0 Å². The number of carbonyl (C=O) groups excluding carboxylic acids is 2. The van der Waals surface area contributed by atoms with E-state index < -0.39 is 17.6 Å². The highest BCUT2D eigenvalue weighted by Crippen LogP contribution is 2.28. The lowest BCUT2D eigenvalue weighted by atomic mass is 10.0. The first-order valence-corrected chi connectivity index (χ1v) is 8.92. The Balaban J connectivity index is 1.54. The molecule has 0 atom stereocenters. The van der Waals surface area contributed by atoms with E-state index >= 15 is 0 Å². The molecule has 3 aromatic rings. The van der Waals surface area contributed by atoms with Gasteiger partial charge in [0.2, 0.25) is 0 Å². The average molecular weight is 378 g/mol. The number of rotatable bonds is 4. The van der Waals surface area contributed by atoms with Gasteiger partial charge in [0.25, 0.3) is 0 Å². The molecule has 1 aliphatic carbocycles. The van der Waals surface area contributed by atoms with Gasteiger partial charge in [-0.05, 0) is 66.8 Å². The Kier molecular flexibility index (Phi) is 4.57. The van der Waals surface area contributed by atoms with Crippen LogP contribution in [-0.2, 0) is 24.2 Å². The van der Waals surface area contributed by atoms with Crippen molar-refractivity contribution in [2.45, 2.75) is 25.9 Å². The normalized spacial score (nSPS) is 12.6. The molecule has 0 aliphatic heterocycles. The van der Waals surface area contributed by atoms with E-state index in [2.05, 4.69) is 5.32 Å². The summed E-state index contributed by atoms with van der Waals surface area (Å²) in [5, 5.41) is 3.20. The molecule has 0 fully saturated rings. The molecule has 0 bridgehead atoms. The van der Waals surface area contributed by atoms with Gasteiger partial charge in [0.15, 0.2) is 0 Å². The Morgan fingerprint density at radius 2 is 1.79 bits per heavy atom. The number of amides is 2. The molecule has 1 aromatic heterocycles. The predicted octanol–water partition coefficient (Wildman–Crippen LogP) is 3.13. The van der Waals surface area contributed by atoms with E-state index in [0.29, 0.717) is 22.4 Å². The van der Waals surface area contributed by atoms with Crippen molar-refractivity contribution >= 4 is 28.7 Å². The van der Waals surface area contributed by atoms with E-state index in [1.165, 1.54) is 29.3 Å². The summed E-state index contributed by atoms with van der Waals surface area (Å²) in [7, 11) is 0. The zero-order chi connectivity index (χ0) is 19.7. The second-order valence-electron chi connectivity index (χ2n) is 6.70. The summed E-state index contributed by atoms with van der Waals surface area (Å²) in [5.41, 5.74) is 8.95. The summed E-state index contributed by atoms with van der Waals surface area (Å²) in [6.45, 7) is -0.0407. The topological polar surface area (TPSA) is 112 Å². The third-order valence-corrected chi connectivity index (χ3v) is 4.79. The first-order chi connectivity index (χ1) is 13.5. The van der Waals surface area contributed by atoms with Crippen molar-refractivity contribution in [3.05, 3.63) is 75.1 Å². The number of anilines is 1. The Bertz CT molecular complexity index is 1130. The maximum Gasteiger partial charge on any atom is 0.338 e. The van der Waals surface area contributed by atoms with Crippen LogP contribution in [0.15, 0.2) is 51.7 Å². The van der Waals surface area contributed by atoms with Gasteiger partial charge in [0.05, 0.1) is 5.56 Å². The summed E-state index contributed by atoms with van der Waals surface area (Å²) >= 11 is 0. The quantitative estimate of drug-likeness (QED) is 0.535. The number of benzene rings is 2. The summed E-state index contributed by atoms with van der Waals surface area (Å²) in [6, 6.07) is 10.8. The van der Waals surface area contributed by atoms with Crippen LogP contribution in [0.4, 0.5) is 10.5 Å². The number of fused-ring (bicyclic) bond motifs is 2. The minimum Gasteiger partial charge on any atom is -0.457 e. The van der Waals surface area contributed by atoms with Crippen LogP contribution in [-0.4, -0.2) is 12.0 Å². The van der Waals surface area contributed by atoms with Gasteiger partial charge in [-0.25, -0.2) is 14.4 Å². The highest BCUT2D eigenvalue weighted by atomic mass is 16.5. The lowest BCUT2D eigenvalue weighted by molar-refractivity contribution is 0.0474. The van der Waals surface area contributed by atoms with Gasteiger partial charge in [-0.3, -0.25) is 0 Å². The maximum absolute atomic E-state index is 12.3. The zero-order valence-corrected chi connectivity index (χ0v) is 15.0. The largest absolute Gasteiger partial charge is 0.457 e. The van der Waals surface area contributed by atoms with Gasteiger partial charge in [-0.2, -0.15) is 0 Å². The summed E-state index contributed by atoms with van der Waals surface area (Å²) in [6.07, 6.45) is 3.06. The van der Waals surface area contributed by atoms with Crippen LogP contribution in [0.5, 0.6) is 0 Å². The molecule has 3 N–H and O–H groups in total. The third-order valence-electron chi connectivity index (χ3n) is 4.79. The van der Waals surface area contributed by atoms with E-state index in [1.54, 1.807) is 12.1 Å². The first-order valence-electron chi connectivity index (χ1n) is 8.92. The first kappa shape index (κ1) is 17.8. The third kappa shape index (κ3) is 3.59. The Labute approximate surface area is 160 Å². The average Bonchev–Trinajstić information content (AvgIpc) is 3.11. The van der Waals surface area contributed by atoms with Gasteiger partial charge in [0, 0.05) is 22.7 Å². The number of urea groups is 1. The molecular weight excluding hydrogens is 360 g/mol. The highest BCUT2D eigenvalue weighted by Gasteiger charge is 2.16. The minimum absolute atomic E-state index is 0.0407. The number of primary amides is 1. The molecule has 0 saturated carbocycles. The van der Waals surface area contributed by atoms with E-state index in [1.807, 2.05) is 12.1 Å². The standard InChI is InChI=1S/C21H18N2O5/c22-21(26)23-16-6-4-12(5-7-16)20(25)27-11-15-10-19(24)28-18-9-14-3-1-2-13(14)8-17(15)18/h4-10H,1-3,11H2,(H3,22,23,26). The Morgan fingerprint density at radius 1 is 1.07 bits per heavy atom. The molecule has 0 saturated heterocycles. The summed E-state index contributed by atoms with van der Waals surface area (Å²) in [4.78, 5) is 35.1. The van der Waals surface area contributed by atoms with Crippen molar-refractivity contribution in [1.82, 2.24) is 0 Å². The smallest absolute Gasteiger partial charge is 0.338 e. The van der Waals surface area contributed by atoms with Crippen molar-refractivity contribution < 1.29 is 18.7 Å². The zero-order valence-electron chi connectivity index (χ0n) is 15.0. The van der Waals surface area contributed by atoms with Crippen LogP contribution in [0.25, 0.3) is 11.0 Å². The molecule has 0 radical (unpaired) electrons. The Morgan fingerprint density at radius 3 is 2.50 bits per heavy atom. The fraction of sp³-hybridized carbons (Fsp3) is 0.190. The van der Waals surface area contributed by atoms with Gasteiger partial charge >= 0.3 is 17.6 Å². The Hall–Kier alpha value is -3.61. The molecule has 4 rings (SSSR count). The van der Waals surface area contributed by atoms with Gasteiger partial charge in [0.1, 0.15) is 12.2 Å². The van der Waals surface area contributed by atoms with Gasteiger partial charge < -0.3 is 20.2 Å². The number of nitrogens with two attached hydrogens (primary N) is 1. The highest BCUT2D eigenvalue weighted by molar-refractivity contribution is 5.92. The fourth-order valence-electron chi connectivity index (χ4n) is 3.47. The predicted molar refractivity (Wildman–Crippen MR) is 103 cm³/mol. The molecule has 1 heterocycles. The van der Waals surface area contributed by atoms with Crippen molar-refractivity contribution in [2.75, 3.05) is 5.32 Å². The number of hydrogen-bond donors (Lipinski definition) is 2. The van der Waals surface area contributed by atoms with Gasteiger partial charge in [-0.15, -0.1) is 0 Å². The van der Waals surface area contributed by atoms with E-state index in [9.17, 15) is 14.4 Å².